The van der Waals surface area contributed by atoms with Crippen molar-refractivity contribution < 1.29 is 0 Å². The van der Waals surface area contributed by atoms with Gasteiger partial charge in [0.05, 0.1) is 0 Å². The van der Waals surface area contributed by atoms with Gasteiger partial charge in [-0.2, -0.15) is 9.97 Å². The standard InChI is InChI=1S/C18H32N8/c1-22-7-11-25(12-8-22)17-15-16(24-5-3-19-4-6-24)20-18(21-17)26-13-9-23(2)10-14-26/h15,19H,3-14H2,1-2H3. The minimum atomic E-state index is 0.906. The first kappa shape index (κ1) is 17.8. The molecule has 3 saturated heterocycles. The molecule has 8 nitrogen and oxygen atoms in total. The topological polar surface area (TPSA) is 54.0 Å². The zero-order valence-electron chi connectivity index (χ0n) is 16.2. The molecule has 3 aliphatic rings. The highest BCUT2D eigenvalue weighted by Gasteiger charge is 2.23. The van der Waals surface area contributed by atoms with Crippen LogP contribution in [0, 0.1) is 0 Å². The number of anilines is 3. The van der Waals surface area contributed by atoms with Gasteiger partial charge in [0.1, 0.15) is 11.6 Å². The Labute approximate surface area is 156 Å². The smallest absolute Gasteiger partial charge is 0.229 e. The molecule has 4 rings (SSSR count). The normalized spacial score (nSPS) is 23.5. The molecule has 0 radical (unpaired) electrons. The summed E-state index contributed by atoms with van der Waals surface area (Å²) in [7, 11) is 4.38. The molecule has 0 saturated carbocycles. The van der Waals surface area contributed by atoms with Crippen molar-refractivity contribution in [1.29, 1.82) is 0 Å². The average Bonchev–Trinajstić information content (AvgIpc) is 2.69. The van der Waals surface area contributed by atoms with Crippen molar-refractivity contribution in [3.05, 3.63) is 6.07 Å². The van der Waals surface area contributed by atoms with Crippen molar-refractivity contribution in [3.8, 4) is 0 Å². The van der Waals surface area contributed by atoms with Crippen LogP contribution in [0.3, 0.4) is 0 Å². The van der Waals surface area contributed by atoms with E-state index in [1.165, 1.54) is 0 Å². The molecule has 0 spiro atoms. The van der Waals surface area contributed by atoms with Crippen LogP contribution in [0.25, 0.3) is 0 Å². The fraction of sp³-hybridized carbons (Fsp3) is 0.778. The lowest BCUT2D eigenvalue weighted by molar-refractivity contribution is 0.309. The molecule has 26 heavy (non-hydrogen) atoms. The lowest BCUT2D eigenvalue weighted by Gasteiger charge is -2.36. The quantitative estimate of drug-likeness (QED) is 0.766. The Kier molecular flexibility index (Phi) is 5.42. The van der Waals surface area contributed by atoms with Gasteiger partial charge in [-0.3, -0.25) is 0 Å². The Morgan fingerprint density at radius 2 is 1.12 bits per heavy atom. The molecule has 1 N–H and O–H groups in total. The second-order valence-corrected chi connectivity index (χ2v) is 7.70. The Hall–Kier alpha value is -1.64. The van der Waals surface area contributed by atoms with Gasteiger partial charge >= 0.3 is 0 Å². The van der Waals surface area contributed by atoms with Gasteiger partial charge in [-0.1, -0.05) is 0 Å². The summed E-state index contributed by atoms with van der Waals surface area (Å²) in [5.74, 6) is 3.09. The molecule has 0 atom stereocenters. The first-order valence-corrected chi connectivity index (χ1v) is 9.91. The van der Waals surface area contributed by atoms with Crippen molar-refractivity contribution in [3.63, 3.8) is 0 Å². The van der Waals surface area contributed by atoms with Gasteiger partial charge in [-0.25, -0.2) is 0 Å². The predicted molar refractivity (Wildman–Crippen MR) is 107 cm³/mol. The van der Waals surface area contributed by atoms with Crippen LogP contribution < -0.4 is 20.0 Å². The third-order valence-corrected chi connectivity index (χ3v) is 5.74. The predicted octanol–water partition coefficient (Wildman–Crippen LogP) is -0.610. The Balaban J connectivity index is 1.60. The molecule has 3 aliphatic heterocycles. The Bertz CT molecular complexity index is 547. The number of hydrogen-bond acceptors (Lipinski definition) is 8. The Morgan fingerprint density at radius 1 is 0.654 bits per heavy atom. The van der Waals surface area contributed by atoms with Gasteiger partial charge in [0.15, 0.2) is 0 Å². The molecular formula is C18H32N8. The summed E-state index contributed by atoms with van der Waals surface area (Å²) in [5.41, 5.74) is 0. The number of nitrogens with zero attached hydrogens (tertiary/aromatic N) is 7. The number of likely N-dealkylation sites (N-methyl/N-ethyl adjacent to an activating group) is 2. The minimum Gasteiger partial charge on any atom is -0.354 e. The summed E-state index contributed by atoms with van der Waals surface area (Å²) in [6, 6.07) is 2.20. The van der Waals surface area contributed by atoms with E-state index >= 15 is 0 Å². The first-order valence-electron chi connectivity index (χ1n) is 9.91. The molecule has 0 aromatic carbocycles. The van der Waals surface area contributed by atoms with Crippen LogP contribution in [-0.2, 0) is 0 Å². The van der Waals surface area contributed by atoms with Gasteiger partial charge in [-0.05, 0) is 14.1 Å². The summed E-state index contributed by atoms with van der Waals surface area (Å²) in [4.78, 5) is 21.9. The third-order valence-electron chi connectivity index (χ3n) is 5.74. The molecule has 8 heteroatoms. The molecular weight excluding hydrogens is 328 g/mol. The van der Waals surface area contributed by atoms with Crippen molar-refractivity contribution in [2.45, 2.75) is 0 Å². The van der Waals surface area contributed by atoms with Gasteiger partial charge < -0.3 is 29.8 Å². The largest absolute Gasteiger partial charge is 0.354 e. The maximum absolute atomic E-state index is 4.99. The Morgan fingerprint density at radius 3 is 1.65 bits per heavy atom. The van der Waals surface area contributed by atoms with Crippen molar-refractivity contribution in [2.75, 3.05) is 107 Å². The minimum absolute atomic E-state index is 0.906. The maximum atomic E-state index is 4.99. The first-order chi connectivity index (χ1) is 12.7. The molecule has 1 aromatic rings. The molecule has 0 amide bonds. The zero-order valence-corrected chi connectivity index (χ0v) is 16.2. The molecule has 0 aliphatic carbocycles. The highest BCUT2D eigenvalue weighted by Crippen LogP contribution is 2.25. The number of nitrogens with one attached hydrogen (secondary N) is 1. The summed E-state index contributed by atoms with van der Waals surface area (Å²) >= 11 is 0. The van der Waals surface area contributed by atoms with E-state index in [0.717, 1.165) is 96.1 Å². The van der Waals surface area contributed by atoms with E-state index in [2.05, 4.69) is 50.0 Å². The second kappa shape index (κ2) is 7.94. The number of hydrogen-bond donors (Lipinski definition) is 1. The summed E-state index contributed by atoms with van der Waals surface area (Å²) in [5, 5.41) is 3.43. The molecule has 3 fully saturated rings. The van der Waals surface area contributed by atoms with Crippen molar-refractivity contribution >= 4 is 17.6 Å². The van der Waals surface area contributed by atoms with Crippen LogP contribution in [0.15, 0.2) is 6.07 Å². The van der Waals surface area contributed by atoms with Gasteiger partial charge in [0, 0.05) is 84.6 Å². The summed E-state index contributed by atoms with van der Waals surface area (Å²) in [6.45, 7) is 12.5. The average molecular weight is 361 g/mol. The van der Waals surface area contributed by atoms with E-state index < -0.39 is 0 Å². The molecule has 4 heterocycles. The van der Waals surface area contributed by atoms with Crippen LogP contribution in [0.1, 0.15) is 0 Å². The zero-order chi connectivity index (χ0) is 17.9. The second-order valence-electron chi connectivity index (χ2n) is 7.70. The lowest BCUT2D eigenvalue weighted by Crippen LogP contribution is -2.47. The van der Waals surface area contributed by atoms with E-state index in [0.29, 0.717) is 0 Å². The van der Waals surface area contributed by atoms with Crippen LogP contribution >= 0.6 is 0 Å². The van der Waals surface area contributed by atoms with E-state index in [1.807, 2.05) is 0 Å². The summed E-state index contributed by atoms with van der Waals surface area (Å²) in [6.07, 6.45) is 0. The maximum Gasteiger partial charge on any atom is 0.229 e. The van der Waals surface area contributed by atoms with Crippen LogP contribution in [0.2, 0.25) is 0 Å². The number of rotatable bonds is 3. The highest BCUT2D eigenvalue weighted by molar-refractivity contribution is 5.56. The fourth-order valence-electron chi connectivity index (χ4n) is 3.81. The molecule has 0 bridgehead atoms. The molecule has 0 unspecified atom stereocenters. The third kappa shape index (κ3) is 4.02. The molecule has 144 valence electrons. The van der Waals surface area contributed by atoms with E-state index in [4.69, 9.17) is 9.97 Å². The van der Waals surface area contributed by atoms with Gasteiger partial charge in [-0.15, -0.1) is 0 Å². The summed E-state index contributed by atoms with van der Waals surface area (Å²) < 4.78 is 0. The fourth-order valence-corrected chi connectivity index (χ4v) is 3.81. The monoisotopic (exact) mass is 360 g/mol. The van der Waals surface area contributed by atoms with Crippen LogP contribution in [-0.4, -0.2) is 112 Å². The van der Waals surface area contributed by atoms with Crippen LogP contribution in [0.5, 0.6) is 0 Å². The van der Waals surface area contributed by atoms with E-state index in [-0.39, 0.29) is 0 Å². The van der Waals surface area contributed by atoms with Gasteiger partial charge in [0.2, 0.25) is 5.95 Å². The van der Waals surface area contributed by atoms with Crippen molar-refractivity contribution in [1.82, 2.24) is 25.1 Å². The van der Waals surface area contributed by atoms with E-state index in [1.54, 1.807) is 0 Å². The van der Waals surface area contributed by atoms with Crippen LogP contribution in [0.4, 0.5) is 17.6 Å². The van der Waals surface area contributed by atoms with Gasteiger partial charge in [0.25, 0.3) is 0 Å². The number of aromatic nitrogens is 2. The lowest BCUT2D eigenvalue weighted by atomic mass is 10.3. The van der Waals surface area contributed by atoms with Crippen molar-refractivity contribution in [2.24, 2.45) is 0 Å². The highest BCUT2D eigenvalue weighted by atomic mass is 15.4. The number of piperazine rings is 3. The van der Waals surface area contributed by atoms with E-state index in [9.17, 15) is 0 Å². The SMILES string of the molecule is CN1CCN(c2cc(N3CCNCC3)nc(N3CCN(C)CC3)n2)CC1. The molecule has 1 aromatic heterocycles.